The van der Waals surface area contributed by atoms with Crippen molar-refractivity contribution in [2.45, 2.75) is 19.4 Å². The third kappa shape index (κ3) is 5.10. The molecular formula is C25H26N2O4. The average molecular weight is 418 g/mol. The van der Waals surface area contributed by atoms with Gasteiger partial charge in [0.2, 0.25) is 0 Å². The molecule has 0 aliphatic rings. The van der Waals surface area contributed by atoms with E-state index in [0.717, 1.165) is 0 Å². The predicted octanol–water partition coefficient (Wildman–Crippen LogP) is 3.87. The smallest absolute Gasteiger partial charge is 0.281 e. The molecule has 3 aromatic carbocycles. The SMILES string of the molecule is CCOc1ccc(/C=N\NC(=O)C(O)(c2ccccc2)c2ccccc2)c(OCC)c1. The minimum Gasteiger partial charge on any atom is -0.494 e. The Balaban J connectivity index is 1.86. The summed E-state index contributed by atoms with van der Waals surface area (Å²) < 4.78 is 11.2. The van der Waals surface area contributed by atoms with Crippen LogP contribution < -0.4 is 14.9 Å². The molecule has 0 aromatic heterocycles. The molecule has 2 N–H and O–H groups in total. The zero-order chi connectivity index (χ0) is 22.1. The maximum absolute atomic E-state index is 13.1. The van der Waals surface area contributed by atoms with Crippen LogP contribution in [0.4, 0.5) is 0 Å². The molecule has 0 heterocycles. The Labute approximate surface area is 182 Å². The van der Waals surface area contributed by atoms with Crippen molar-refractivity contribution in [2.75, 3.05) is 13.2 Å². The molecule has 0 atom stereocenters. The molecule has 0 saturated carbocycles. The molecule has 0 aliphatic heterocycles. The summed E-state index contributed by atoms with van der Waals surface area (Å²) in [7, 11) is 0. The second kappa shape index (κ2) is 10.4. The Morgan fingerprint density at radius 3 is 2.06 bits per heavy atom. The molecule has 0 radical (unpaired) electrons. The third-order valence-corrected chi connectivity index (χ3v) is 4.68. The first-order chi connectivity index (χ1) is 15.1. The summed E-state index contributed by atoms with van der Waals surface area (Å²) in [4.78, 5) is 13.1. The van der Waals surface area contributed by atoms with Gasteiger partial charge in [0.15, 0.2) is 5.60 Å². The molecule has 0 unspecified atom stereocenters. The number of aliphatic hydroxyl groups is 1. The number of hydrogen-bond donors (Lipinski definition) is 2. The molecule has 3 rings (SSSR count). The highest BCUT2D eigenvalue weighted by Gasteiger charge is 2.39. The van der Waals surface area contributed by atoms with Crippen molar-refractivity contribution < 1.29 is 19.4 Å². The summed E-state index contributed by atoms with van der Waals surface area (Å²) in [6, 6.07) is 22.9. The fraction of sp³-hybridized carbons (Fsp3) is 0.200. The summed E-state index contributed by atoms with van der Waals surface area (Å²) in [5.41, 5.74) is 2.16. The first kappa shape index (κ1) is 22.1. The van der Waals surface area contributed by atoms with E-state index in [2.05, 4.69) is 10.5 Å². The van der Waals surface area contributed by atoms with Crippen LogP contribution in [-0.2, 0) is 10.4 Å². The lowest BCUT2D eigenvalue weighted by atomic mass is 9.85. The first-order valence-electron chi connectivity index (χ1n) is 10.2. The number of rotatable bonds is 9. The number of carbonyl (C=O) groups is 1. The van der Waals surface area contributed by atoms with E-state index in [-0.39, 0.29) is 0 Å². The lowest BCUT2D eigenvalue weighted by Crippen LogP contribution is -2.43. The van der Waals surface area contributed by atoms with E-state index in [0.29, 0.717) is 41.4 Å². The quantitative estimate of drug-likeness (QED) is 0.408. The Hall–Kier alpha value is -3.64. The summed E-state index contributed by atoms with van der Waals surface area (Å²) in [6.45, 7) is 4.82. The molecule has 3 aromatic rings. The van der Waals surface area contributed by atoms with Crippen LogP contribution in [0.5, 0.6) is 11.5 Å². The van der Waals surface area contributed by atoms with Gasteiger partial charge in [-0.2, -0.15) is 5.10 Å². The second-order valence-electron chi connectivity index (χ2n) is 6.71. The number of hydrazone groups is 1. The maximum atomic E-state index is 13.1. The number of ether oxygens (including phenoxy) is 2. The van der Waals surface area contributed by atoms with Gasteiger partial charge >= 0.3 is 0 Å². The topological polar surface area (TPSA) is 80.2 Å². The largest absolute Gasteiger partial charge is 0.494 e. The fourth-order valence-electron chi connectivity index (χ4n) is 3.19. The van der Waals surface area contributed by atoms with E-state index in [1.54, 1.807) is 66.7 Å². The summed E-state index contributed by atoms with van der Waals surface area (Å²) in [6.07, 6.45) is 1.48. The van der Waals surface area contributed by atoms with Gasteiger partial charge in [0, 0.05) is 11.6 Å². The molecule has 0 aliphatic carbocycles. The molecule has 6 heteroatoms. The highest BCUT2D eigenvalue weighted by atomic mass is 16.5. The number of hydrogen-bond acceptors (Lipinski definition) is 5. The van der Waals surface area contributed by atoms with Crippen LogP contribution in [-0.4, -0.2) is 30.4 Å². The van der Waals surface area contributed by atoms with Gasteiger partial charge in [-0.1, -0.05) is 60.7 Å². The van der Waals surface area contributed by atoms with Crippen molar-refractivity contribution in [3.8, 4) is 11.5 Å². The lowest BCUT2D eigenvalue weighted by molar-refractivity contribution is -0.136. The van der Waals surface area contributed by atoms with Gasteiger partial charge in [-0.3, -0.25) is 4.79 Å². The highest BCUT2D eigenvalue weighted by molar-refractivity contribution is 5.91. The van der Waals surface area contributed by atoms with Gasteiger partial charge < -0.3 is 14.6 Å². The van der Waals surface area contributed by atoms with Crippen molar-refractivity contribution in [3.63, 3.8) is 0 Å². The summed E-state index contributed by atoms with van der Waals surface area (Å²) >= 11 is 0. The van der Waals surface area contributed by atoms with Crippen LogP contribution in [0.3, 0.4) is 0 Å². The Kier molecular flexibility index (Phi) is 7.40. The van der Waals surface area contributed by atoms with Crippen molar-refractivity contribution in [2.24, 2.45) is 5.10 Å². The molecule has 1 amide bonds. The number of nitrogens with one attached hydrogen (secondary N) is 1. The van der Waals surface area contributed by atoms with E-state index in [4.69, 9.17) is 9.47 Å². The zero-order valence-corrected chi connectivity index (χ0v) is 17.6. The van der Waals surface area contributed by atoms with E-state index in [9.17, 15) is 9.90 Å². The molecule has 0 spiro atoms. The predicted molar refractivity (Wildman–Crippen MR) is 120 cm³/mol. The van der Waals surface area contributed by atoms with Gasteiger partial charge in [0.1, 0.15) is 11.5 Å². The van der Waals surface area contributed by atoms with Gasteiger partial charge in [-0.05, 0) is 37.1 Å². The van der Waals surface area contributed by atoms with E-state index in [1.165, 1.54) is 6.21 Å². The number of amides is 1. The van der Waals surface area contributed by atoms with E-state index >= 15 is 0 Å². The normalized spacial score (nSPS) is 11.3. The fourth-order valence-corrected chi connectivity index (χ4v) is 3.19. The van der Waals surface area contributed by atoms with Crippen LogP contribution in [0.15, 0.2) is 84.0 Å². The average Bonchev–Trinajstić information content (AvgIpc) is 2.81. The lowest BCUT2D eigenvalue weighted by Gasteiger charge is -2.27. The molecule has 0 fully saturated rings. The third-order valence-electron chi connectivity index (χ3n) is 4.68. The van der Waals surface area contributed by atoms with Crippen LogP contribution in [0, 0.1) is 0 Å². The van der Waals surface area contributed by atoms with Crippen molar-refractivity contribution in [1.82, 2.24) is 5.43 Å². The minimum atomic E-state index is -1.89. The Morgan fingerprint density at radius 2 is 1.52 bits per heavy atom. The molecule has 6 nitrogen and oxygen atoms in total. The van der Waals surface area contributed by atoms with Crippen LogP contribution in [0.2, 0.25) is 0 Å². The van der Waals surface area contributed by atoms with Crippen molar-refractivity contribution in [1.29, 1.82) is 0 Å². The highest BCUT2D eigenvalue weighted by Crippen LogP contribution is 2.30. The summed E-state index contributed by atoms with van der Waals surface area (Å²) in [5.74, 6) is 0.618. The maximum Gasteiger partial charge on any atom is 0.281 e. The van der Waals surface area contributed by atoms with Crippen LogP contribution >= 0.6 is 0 Å². The molecular weight excluding hydrogens is 392 g/mol. The minimum absolute atomic E-state index is 0.449. The standard InChI is InChI=1S/C25H26N2O4/c1-3-30-22-16-15-19(23(17-22)31-4-2)18-26-27-24(28)25(29,20-11-7-5-8-12-20)21-13-9-6-10-14-21/h5-18,29H,3-4H2,1-2H3,(H,27,28)/b26-18-. The Morgan fingerprint density at radius 1 is 0.935 bits per heavy atom. The van der Waals surface area contributed by atoms with Gasteiger partial charge in [0.05, 0.1) is 19.4 Å². The number of nitrogens with zero attached hydrogens (tertiary/aromatic N) is 1. The number of benzene rings is 3. The van der Waals surface area contributed by atoms with Gasteiger partial charge in [-0.25, -0.2) is 5.43 Å². The van der Waals surface area contributed by atoms with Gasteiger partial charge in [0.25, 0.3) is 5.91 Å². The zero-order valence-electron chi connectivity index (χ0n) is 17.6. The van der Waals surface area contributed by atoms with Crippen LogP contribution in [0.25, 0.3) is 0 Å². The van der Waals surface area contributed by atoms with E-state index in [1.807, 2.05) is 26.0 Å². The second-order valence-corrected chi connectivity index (χ2v) is 6.71. The van der Waals surface area contributed by atoms with Gasteiger partial charge in [-0.15, -0.1) is 0 Å². The Bertz CT molecular complexity index is 981. The molecule has 31 heavy (non-hydrogen) atoms. The molecule has 160 valence electrons. The summed E-state index contributed by atoms with van der Waals surface area (Å²) in [5, 5.41) is 15.5. The molecule has 0 saturated heterocycles. The molecule has 0 bridgehead atoms. The van der Waals surface area contributed by atoms with E-state index < -0.39 is 11.5 Å². The van der Waals surface area contributed by atoms with Crippen molar-refractivity contribution >= 4 is 12.1 Å². The monoisotopic (exact) mass is 418 g/mol. The van der Waals surface area contributed by atoms with Crippen LogP contribution in [0.1, 0.15) is 30.5 Å². The van der Waals surface area contributed by atoms with Crippen molar-refractivity contribution in [3.05, 3.63) is 95.6 Å². The first-order valence-corrected chi connectivity index (χ1v) is 10.2. The number of carbonyl (C=O) groups excluding carboxylic acids is 1.